The quantitative estimate of drug-likeness (QED) is 0.600. The topological polar surface area (TPSA) is 26.3 Å². The monoisotopic (exact) mass is 274 g/mol. The third-order valence-electron chi connectivity index (χ3n) is 2.82. The van der Waals surface area contributed by atoms with Crippen LogP contribution in [0.1, 0.15) is 35.7 Å². The number of rotatable bonds is 3. The summed E-state index contributed by atoms with van der Waals surface area (Å²) < 4.78 is 5.26. The van der Waals surface area contributed by atoms with E-state index in [2.05, 4.69) is 13.8 Å². The van der Waals surface area contributed by atoms with Crippen LogP contribution >= 0.6 is 11.6 Å². The Morgan fingerprint density at radius 2 is 1.79 bits per heavy atom. The summed E-state index contributed by atoms with van der Waals surface area (Å²) in [5, 5.41) is 0.542. The zero-order valence-electron chi connectivity index (χ0n) is 10.9. The molecular formula is C16H15ClO2. The predicted molar refractivity (Wildman–Crippen MR) is 76.9 cm³/mol. The number of ether oxygens (including phenoxy) is 1. The number of halogens is 1. The molecule has 0 amide bonds. The highest BCUT2D eigenvalue weighted by Gasteiger charge is 2.09. The molecule has 0 radical (unpaired) electrons. The van der Waals surface area contributed by atoms with Crippen molar-refractivity contribution >= 4 is 17.6 Å². The van der Waals surface area contributed by atoms with Gasteiger partial charge in [-0.15, -0.1) is 0 Å². The van der Waals surface area contributed by atoms with Gasteiger partial charge >= 0.3 is 5.97 Å². The summed E-state index contributed by atoms with van der Waals surface area (Å²) in [6.07, 6.45) is 0. The molecule has 98 valence electrons. The molecule has 0 bridgehead atoms. The number of hydrogen-bond acceptors (Lipinski definition) is 2. The number of carbonyl (C=O) groups is 1. The van der Waals surface area contributed by atoms with Crippen molar-refractivity contribution in [2.24, 2.45) is 0 Å². The number of hydrogen-bond donors (Lipinski definition) is 0. The van der Waals surface area contributed by atoms with E-state index in [1.807, 2.05) is 12.1 Å². The lowest BCUT2D eigenvalue weighted by atomic mass is 10.0. The molecule has 0 saturated carbocycles. The zero-order chi connectivity index (χ0) is 13.8. The second-order valence-corrected chi connectivity index (χ2v) is 5.06. The average molecular weight is 275 g/mol. The predicted octanol–water partition coefficient (Wildman–Crippen LogP) is 4.68. The van der Waals surface area contributed by atoms with Crippen LogP contribution in [-0.2, 0) is 0 Å². The largest absolute Gasteiger partial charge is 0.423 e. The van der Waals surface area contributed by atoms with Crippen molar-refractivity contribution in [3.63, 3.8) is 0 Å². The van der Waals surface area contributed by atoms with E-state index in [4.69, 9.17) is 16.3 Å². The standard InChI is InChI=1S/C16H15ClO2/c1-11(2)12-6-8-13(9-7-12)16(18)19-15-5-3-4-14(17)10-15/h3-11H,1-2H3. The van der Waals surface area contributed by atoms with Gasteiger partial charge in [0, 0.05) is 5.02 Å². The molecule has 0 saturated heterocycles. The summed E-state index contributed by atoms with van der Waals surface area (Å²) in [7, 11) is 0. The van der Waals surface area contributed by atoms with Crippen molar-refractivity contribution < 1.29 is 9.53 Å². The zero-order valence-corrected chi connectivity index (χ0v) is 11.6. The fourth-order valence-electron chi connectivity index (χ4n) is 1.70. The van der Waals surface area contributed by atoms with E-state index in [-0.39, 0.29) is 5.97 Å². The highest BCUT2D eigenvalue weighted by Crippen LogP contribution is 2.19. The van der Waals surface area contributed by atoms with Crippen LogP contribution in [0.25, 0.3) is 0 Å². The van der Waals surface area contributed by atoms with Gasteiger partial charge in [0.2, 0.25) is 0 Å². The lowest BCUT2D eigenvalue weighted by Crippen LogP contribution is -2.08. The number of carbonyl (C=O) groups excluding carboxylic acids is 1. The Balaban J connectivity index is 2.11. The van der Waals surface area contributed by atoms with Gasteiger partial charge in [0.25, 0.3) is 0 Å². The molecule has 2 rings (SSSR count). The molecule has 19 heavy (non-hydrogen) atoms. The normalized spacial score (nSPS) is 10.5. The Labute approximate surface area is 118 Å². The van der Waals surface area contributed by atoms with Crippen LogP contribution in [0, 0.1) is 0 Å². The van der Waals surface area contributed by atoms with E-state index >= 15 is 0 Å². The van der Waals surface area contributed by atoms with E-state index in [1.165, 1.54) is 5.56 Å². The van der Waals surface area contributed by atoms with E-state index in [9.17, 15) is 4.79 Å². The van der Waals surface area contributed by atoms with Crippen LogP contribution in [0.15, 0.2) is 48.5 Å². The Morgan fingerprint density at radius 1 is 1.11 bits per heavy atom. The summed E-state index contributed by atoms with van der Waals surface area (Å²) in [6, 6.07) is 14.2. The maximum Gasteiger partial charge on any atom is 0.343 e. The molecule has 0 atom stereocenters. The van der Waals surface area contributed by atoms with Gasteiger partial charge in [0.1, 0.15) is 5.75 Å². The minimum atomic E-state index is -0.377. The van der Waals surface area contributed by atoms with Gasteiger partial charge in [-0.1, -0.05) is 43.6 Å². The molecule has 0 aliphatic heterocycles. The third-order valence-corrected chi connectivity index (χ3v) is 3.05. The van der Waals surface area contributed by atoms with Crippen LogP contribution in [0.4, 0.5) is 0 Å². The molecular weight excluding hydrogens is 260 g/mol. The van der Waals surface area contributed by atoms with E-state index < -0.39 is 0 Å². The first kappa shape index (κ1) is 13.6. The molecule has 0 fully saturated rings. The van der Waals surface area contributed by atoms with Crippen molar-refractivity contribution in [1.82, 2.24) is 0 Å². The van der Waals surface area contributed by atoms with Crippen molar-refractivity contribution in [2.45, 2.75) is 19.8 Å². The van der Waals surface area contributed by atoms with E-state index in [0.717, 1.165) is 0 Å². The van der Waals surface area contributed by atoms with Crippen molar-refractivity contribution in [2.75, 3.05) is 0 Å². The highest BCUT2D eigenvalue weighted by molar-refractivity contribution is 6.30. The molecule has 2 aromatic rings. The summed E-state index contributed by atoms with van der Waals surface area (Å²) in [5.74, 6) is 0.515. The molecule has 0 aromatic heterocycles. The molecule has 2 aromatic carbocycles. The van der Waals surface area contributed by atoms with Gasteiger partial charge in [-0.3, -0.25) is 0 Å². The molecule has 0 heterocycles. The summed E-state index contributed by atoms with van der Waals surface area (Å²) >= 11 is 5.84. The molecule has 0 spiro atoms. The van der Waals surface area contributed by atoms with Gasteiger partial charge in [-0.05, 0) is 41.8 Å². The minimum absolute atomic E-state index is 0.377. The van der Waals surface area contributed by atoms with Gasteiger partial charge in [0.15, 0.2) is 0 Å². The fourth-order valence-corrected chi connectivity index (χ4v) is 1.88. The fraction of sp³-hybridized carbons (Fsp3) is 0.188. The maximum atomic E-state index is 11.9. The van der Waals surface area contributed by atoms with Crippen molar-refractivity contribution in [3.8, 4) is 5.75 Å². The molecule has 2 nitrogen and oxygen atoms in total. The van der Waals surface area contributed by atoms with Crippen LogP contribution in [-0.4, -0.2) is 5.97 Å². The van der Waals surface area contributed by atoms with Gasteiger partial charge in [0.05, 0.1) is 5.56 Å². The summed E-state index contributed by atoms with van der Waals surface area (Å²) in [4.78, 5) is 11.9. The van der Waals surface area contributed by atoms with Crippen molar-refractivity contribution in [3.05, 3.63) is 64.7 Å². The van der Waals surface area contributed by atoms with Crippen LogP contribution in [0.5, 0.6) is 5.75 Å². The summed E-state index contributed by atoms with van der Waals surface area (Å²) in [5.41, 5.74) is 1.73. The lowest BCUT2D eigenvalue weighted by Gasteiger charge is -2.07. The molecule has 0 aliphatic rings. The van der Waals surface area contributed by atoms with Gasteiger partial charge in [-0.25, -0.2) is 4.79 Å². The van der Waals surface area contributed by atoms with E-state index in [1.54, 1.807) is 36.4 Å². The average Bonchev–Trinajstić information content (AvgIpc) is 2.39. The van der Waals surface area contributed by atoms with Crippen LogP contribution < -0.4 is 4.74 Å². The Bertz CT molecular complexity index is 574. The number of benzene rings is 2. The molecule has 0 N–H and O–H groups in total. The van der Waals surface area contributed by atoms with Crippen molar-refractivity contribution in [1.29, 1.82) is 0 Å². The molecule has 3 heteroatoms. The SMILES string of the molecule is CC(C)c1ccc(C(=O)Oc2cccc(Cl)c2)cc1. The Morgan fingerprint density at radius 3 is 2.37 bits per heavy atom. The van der Waals surface area contributed by atoms with E-state index in [0.29, 0.717) is 22.3 Å². The summed E-state index contributed by atoms with van der Waals surface area (Å²) in [6.45, 7) is 4.22. The number of esters is 1. The van der Waals surface area contributed by atoms with Gasteiger partial charge in [-0.2, -0.15) is 0 Å². The molecule has 0 aliphatic carbocycles. The first-order valence-electron chi connectivity index (χ1n) is 6.14. The van der Waals surface area contributed by atoms with Gasteiger partial charge < -0.3 is 4.74 Å². The first-order valence-corrected chi connectivity index (χ1v) is 6.52. The first-order chi connectivity index (χ1) is 9.06. The third kappa shape index (κ3) is 3.58. The maximum absolute atomic E-state index is 11.9. The second kappa shape index (κ2) is 5.89. The second-order valence-electron chi connectivity index (χ2n) is 4.62. The lowest BCUT2D eigenvalue weighted by molar-refractivity contribution is 0.0735. The minimum Gasteiger partial charge on any atom is -0.423 e. The Hall–Kier alpha value is -1.80. The highest BCUT2D eigenvalue weighted by atomic mass is 35.5. The Kier molecular flexibility index (Phi) is 4.23. The smallest absolute Gasteiger partial charge is 0.343 e. The molecule has 0 unspecified atom stereocenters. The van der Waals surface area contributed by atoms with Crippen LogP contribution in [0.2, 0.25) is 5.02 Å². The van der Waals surface area contributed by atoms with Crippen LogP contribution in [0.3, 0.4) is 0 Å².